The molecule has 2 atom stereocenters. The van der Waals surface area contributed by atoms with Crippen molar-refractivity contribution < 1.29 is 0 Å². The Labute approximate surface area is 158 Å². The number of nitrogens with zero attached hydrogens (tertiary/aromatic N) is 3. The quantitative estimate of drug-likeness (QED) is 0.453. The van der Waals surface area contributed by atoms with Crippen LogP contribution in [0.3, 0.4) is 0 Å². The lowest BCUT2D eigenvalue weighted by atomic mass is 9.92. The molecule has 23 heavy (non-hydrogen) atoms. The number of anilines is 1. The van der Waals surface area contributed by atoms with Crippen molar-refractivity contribution in [1.29, 1.82) is 0 Å². The number of likely N-dealkylation sites (tertiary alicyclic amines) is 1. The van der Waals surface area contributed by atoms with Crippen LogP contribution < -0.4 is 10.2 Å². The number of rotatable bonds is 3. The fraction of sp³-hybridized carbons (Fsp3) is 0.611. The van der Waals surface area contributed by atoms with E-state index in [9.17, 15) is 0 Å². The van der Waals surface area contributed by atoms with Gasteiger partial charge in [0.05, 0.1) is 0 Å². The molecule has 1 N–H and O–H groups in total. The second-order valence-electron chi connectivity index (χ2n) is 6.82. The fourth-order valence-electron chi connectivity index (χ4n) is 3.29. The van der Waals surface area contributed by atoms with Crippen molar-refractivity contribution in [1.82, 2.24) is 10.2 Å². The molecular formula is C18H31IN4. The monoisotopic (exact) mass is 430 g/mol. The minimum Gasteiger partial charge on any atom is -0.378 e. The van der Waals surface area contributed by atoms with Crippen molar-refractivity contribution in [2.45, 2.75) is 26.8 Å². The zero-order valence-corrected chi connectivity index (χ0v) is 17.4. The predicted molar refractivity (Wildman–Crippen MR) is 111 cm³/mol. The molecule has 0 spiro atoms. The molecule has 5 heteroatoms. The highest BCUT2D eigenvalue weighted by molar-refractivity contribution is 14.0. The van der Waals surface area contributed by atoms with Crippen LogP contribution in [0.5, 0.6) is 0 Å². The summed E-state index contributed by atoms with van der Waals surface area (Å²) in [5.74, 6) is 2.49. The van der Waals surface area contributed by atoms with Crippen LogP contribution in [0.25, 0.3) is 0 Å². The van der Waals surface area contributed by atoms with Crippen molar-refractivity contribution >= 4 is 35.6 Å². The van der Waals surface area contributed by atoms with Gasteiger partial charge in [0.15, 0.2) is 5.96 Å². The summed E-state index contributed by atoms with van der Waals surface area (Å²) >= 11 is 0. The summed E-state index contributed by atoms with van der Waals surface area (Å²) in [5, 5.41) is 3.52. The molecule has 0 aliphatic carbocycles. The van der Waals surface area contributed by atoms with Gasteiger partial charge in [0.1, 0.15) is 0 Å². The summed E-state index contributed by atoms with van der Waals surface area (Å²) in [4.78, 5) is 9.00. The highest BCUT2D eigenvalue weighted by Gasteiger charge is 2.23. The molecule has 1 aromatic carbocycles. The summed E-state index contributed by atoms with van der Waals surface area (Å²) in [6.45, 7) is 7.67. The lowest BCUT2D eigenvalue weighted by Gasteiger charge is -2.37. The van der Waals surface area contributed by atoms with E-state index in [2.05, 4.69) is 72.3 Å². The van der Waals surface area contributed by atoms with Crippen molar-refractivity contribution in [3.05, 3.63) is 29.8 Å². The maximum absolute atomic E-state index is 4.47. The Kier molecular flexibility index (Phi) is 8.16. The summed E-state index contributed by atoms with van der Waals surface area (Å²) in [6, 6.07) is 8.63. The number of guanidine groups is 1. The van der Waals surface area contributed by atoms with Crippen LogP contribution in [0, 0.1) is 11.8 Å². The van der Waals surface area contributed by atoms with Crippen LogP contribution in [-0.4, -0.2) is 45.1 Å². The van der Waals surface area contributed by atoms with Crippen LogP contribution >= 0.6 is 24.0 Å². The van der Waals surface area contributed by atoms with E-state index in [0.29, 0.717) is 0 Å². The molecule has 2 unspecified atom stereocenters. The van der Waals surface area contributed by atoms with E-state index in [4.69, 9.17) is 0 Å². The van der Waals surface area contributed by atoms with Gasteiger partial charge in [-0.15, -0.1) is 24.0 Å². The van der Waals surface area contributed by atoms with Gasteiger partial charge in [-0.05, 0) is 36.0 Å². The minimum atomic E-state index is 0. The SMILES string of the molecule is CN=C(NCc1cccc(N(C)C)c1)N1CC(C)CC(C)C1.I. The Morgan fingerprint density at radius 1 is 1.26 bits per heavy atom. The average Bonchev–Trinajstić information content (AvgIpc) is 2.47. The van der Waals surface area contributed by atoms with Gasteiger partial charge in [-0.3, -0.25) is 4.99 Å². The third kappa shape index (κ3) is 5.86. The van der Waals surface area contributed by atoms with E-state index < -0.39 is 0 Å². The summed E-state index contributed by atoms with van der Waals surface area (Å²) in [5.41, 5.74) is 2.51. The van der Waals surface area contributed by atoms with Crippen LogP contribution in [0.2, 0.25) is 0 Å². The number of hydrogen-bond donors (Lipinski definition) is 1. The molecule has 1 aliphatic heterocycles. The normalized spacial score (nSPS) is 21.6. The average molecular weight is 430 g/mol. The van der Waals surface area contributed by atoms with E-state index in [1.807, 2.05) is 7.05 Å². The maximum atomic E-state index is 4.47. The Bertz CT molecular complexity index is 505. The summed E-state index contributed by atoms with van der Waals surface area (Å²) in [6.07, 6.45) is 1.32. The largest absolute Gasteiger partial charge is 0.378 e. The van der Waals surface area contributed by atoms with Crippen molar-refractivity contribution in [2.75, 3.05) is 39.1 Å². The van der Waals surface area contributed by atoms with E-state index in [1.165, 1.54) is 17.7 Å². The first-order chi connectivity index (χ1) is 10.5. The molecule has 0 radical (unpaired) electrons. The van der Waals surface area contributed by atoms with Crippen molar-refractivity contribution in [2.24, 2.45) is 16.8 Å². The second kappa shape index (κ2) is 9.35. The minimum absolute atomic E-state index is 0. The first-order valence-corrected chi connectivity index (χ1v) is 8.21. The van der Waals surface area contributed by atoms with E-state index >= 15 is 0 Å². The molecule has 1 heterocycles. The molecule has 130 valence electrons. The van der Waals surface area contributed by atoms with E-state index in [-0.39, 0.29) is 24.0 Å². The predicted octanol–water partition coefficient (Wildman–Crippen LogP) is 3.42. The number of benzene rings is 1. The molecular weight excluding hydrogens is 399 g/mol. The van der Waals surface area contributed by atoms with Gasteiger partial charge >= 0.3 is 0 Å². The second-order valence-corrected chi connectivity index (χ2v) is 6.82. The fourth-order valence-corrected chi connectivity index (χ4v) is 3.29. The molecule has 0 aromatic heterocycles. The van der Waals surface area contributed by atoms with Crippen LogP contribution in [0.15, 0.2) is 29.3 Å². The van der Waals surface area contributed by atoms with Crippen molar-refractivity contribution in [3.63, 3.8) is 0 Å². The maximum Gasteiger partial charge on any atom is 0.193 e. The molecule has 1 saturated heterocycles. The molecule has 0 amide bonds. The smallest absolute Gasteiger partial charge is 0.193 e. The summed E-state index contributed by atoms with van der Waals surface area (Å²) in [7, 11) is 6.02. The molecule has 0 bridgehead atoms. The number of halogens is 1. The highest BCUT2D eigenvalue weighted by Crippen LogP contribution is 2.21. The summed E-state index contributed by atoms with van der Waals surface area (Å²) < 4.78 is 0. The lowest BCUT2D eigenvalue weighted by Crippen LogP contribution is -2.48. The van der Waals surface area contributed by atoms with Gasteiger partial charge in [0, 0.05) is 46.5 Å². The molecule has 1 fully saturated rings. The Morgan fingerprint density at radius 2 is 1.91 bits per heavy atom. The molecule has 2 rings (SSSR count). The highest BCUT2D eigenvalue weighted by atomic mass is 127. The van der Waals surface area contributed by atoms with Gasteiger partial charge in [-0.2, -0.15) is 0 Å². The van der Waals surface area contributed by atoms with E-state index in [1.54, 1.807) is 0 Å². The van der Waals surface area contributed by atoms with Crippen LogP contribution in [-0.2, 0) is 6.54 Å². The van der Waals surface area contributed by atoms with E-state index in [0.717, 1.165) is 37.4 Å². The third-order valence-corrected chi connectivity index (χ3v) is 4.26. The first-order valence-electron chi connectivity index (χ1n) is 8.21. The first kappa shape index (κ1) is 20.1. The number of nitrogens with one attached hydrogen (secondary N) is 1. The molecule has 0 saturated carbocycles. The lowest BCUT2D eigenvalue weighted by molar-refractivity contribution is 0.208. The number of aliphatic imine (C=N–C) groups is 1. The zero-order valence-electron chi connectivity index (χ0n) is 15.0. The van der Waals surface area contributed by atoms with Gasteiger partial charge in [0.25, 0.3) is 0 Å². The van der Waals surface area contributed by atoms with Crippen molar-refractivity contribution in [3.8, 4) is 0 Å². The number of piperidine rings is 1. The van der Waals surface area contributed by atoms with Gasteiger partial charge < -0.3 is 15.1 Å². The Morgan fingerprint density at radius 3 is 2.48 bits per heavy atom. The topological polar surface area (TPSA) is 30.9 Å². The van der Waals surface area contributed by atoms with Crippen LogP contribution in [0.1, 0.15) is 25.8 Å². The van der Waals surface area contributed by atoms with Crippen LogP contribution in [0.4, 0.5) is 5.69 Å². The number of hydrogen-bond acceptors (Lipinski definition) is 2. The van der Waals surface area contributed by atoms with Gasteiger partial charge in [0.2, 0.25) is 0 Å². The van der Waals surface area contributed by atoms with Gasteiger partial charge in [-0.25, -0.2) is 0 Å². The zero-order chi connectivity index (χ0) is 16.1. The Balaban J connectivity index is 0.00000264. The molecule has 1 aliphatic rings. The molecule has 1 aromatic rings. The Hall–Kier alpha value is -0.980. The standard InChI is InChI=1S/C18H30N4.HI/c1-14-9-15(2)13-22(12-14)18(19-3)20-11-16-7-6-8-17(10-16)21(4)5;/h6-8,10,14-15H,9,11-13H2,1-5H3,(H,19,20);1H. The van der Waals surface area contributed by atoms with Gasteiger partial charge in [-0.1, -0.05) is 26.0 Å². The third-order valence-electron chi connectivity index (χ3n) is 4.26. The molecule has 4 nitrogen and oxygen atoms in total.